The fraction of sp³-hybridized carbons (Fsp3) is 0.444. The number of nitrogens with zero attached hydrogens (tertiary/aromatic N) is 2. The molecule has 0 aliphatic heterocycles. The number of carbonyl (C=O) groups excluding carboxylic acids is 1. The molecule has 0 spiro atoms. The van der Waals surface area contributed by atoms with Crippen molar-refractivity contribution < 1.29 is 14.6 Å². The lowest BCUT2D eigenvalue weighted by atomic mass is 9.97. The number of hydrogen-bond acceptors (Lipinski definition) is 4. The van der Waals surface area contributed by atoms with Gasteiger partial charge in [-0.25, -0.2) is 4.68 Å². The van der Waals surface area contributed by atoms with Gasteiger partial charge in [-0.05, 0) is 62.9 Å². The third-order valence-electron chi connectivity index (χ3n) is 4.64. The Balaban J connectivity index is 1.81. The van der Waals surface area contributed by atoms with E-state index < -0.39 is 5.54 Å². The summed E-state index contributed by atoms with van der Waals surface area (Å²) >= 11 is 0. The van der Waals surface area contributed by atoms with E-state index in [0.29, 0.717) is 11.6 Å². The van der Waals surface area contributed by atoms with Gasteiger partial charge in [0.05, 0.1) is 24.9 Å². The predicted molar refractivity (Wildman–Crippen MR) is 90.5 cm³/mol. The molecule has 0 radical (unpaired) electrons. The van der Waals surface area contributed by atoms with Crippen molar-refractivity contribution in [3.63, 3.8) is 0 Å². The minimum absolute atomic E-state index is 0.0679. The Morgan fingerprint density at radius 3 is 2.62 bits per heavy atom. The average molecular weight is 329 g/mol. The van der Waals surface area contributed by atoms with Gasteiger partial charge in [-0.2, -0.15) is 5.10 Å². The van der Waals surface area contributed by atoms with Crippen molar-refractivity contribution >= 4 is 5.91 Å². The van der Waals surface area contributed by atoms with E-state index >= 15 is 0 Å². The molecule has 2 aromatic rings. The first-order chi connectivity index (χ1) is 11.5. The molecule has 1 aliphatic carbocycles. The second kappa shape index (κ2) is 6.28. The molecule has 1 heterocycles. The summed E-state index contributed by atoms with van der Waals surface area (Å²) in [4.78, 5) is 12.5. The lowest BCUT2D eigenvalue weighted by Gasteiger charge is -2.28. The molecular weight excluding hydrogens is 306 g/mol. The van der Waals surface area contributed by atoms with Crippen molar-refractivity contribution in [1.29, 1.82) is 0 Å². The van der Waals surface area contributed by atoms with Crippen LogP contribution >= 0.6 is 0 Å². The highest BCUT2D eigenvalue weighted by Crippen LogP contribution is 2.39. The van der Waals surface area contributed by atoms with Crippen LogP contribution in [0.1, 0.15) is 35.9 Å². The highest BCUT2D eigenvalue weighted by atomic mass is 16.5. The largest absolute Gasteiger partial charge is 0.497 e. The summed E-state index contributed by atoms with van der Waals surface area (Å²) in [5, 5.41) is 17.0. The number of aryl methyl sites for hydroxylation is 1. The average Bonchev–Trinajstić information content (AvgIpc) is 3.38. The third-order valence-corrected chi connectivity index (χ3v) is 4.64. The van der Waals surface area contributed by atoms with Gasteiger partial charge in [0.15, 0.2) is 5.69 Å². The summed E-state index contributed by atoms with van der Waals surface area (Å²) in [6, 6.07) is 9.24. The molecule has 1 aromatic carbocycles. The third kappa shape index (κ3) is 3.14. The molecule has 0 saturated heterocycles. The van der Waals surface area contributed by atoms with Crippen LogP contribution in [-0.4, -0.2) is 40.0 Å². The fourth-order valence-electron chi connectivity index (χ4n) is 2.88. The number of nitrogens with one attached hydrogen (secondary N) is 1. The van der Waals surface area contributed by atoms with Gasteiger partial charge >= 0.3 is 0 Å². The maximum Gasteiger partial charge on any atom is 0.272 e. The molecule has 24 heavy (non-hydrogen) atoms. The van der Waals surface area contributed by atoms with Crippen LogP contribution in [0.5, 0.6) is 5.75 Å². The number of hydrogen-bond donors (Lipinski definition) is 2. The molecule has 128 valence electrons. The van der Waals surface area contributed by atoms with Crippen LogP contribution in [0.4, 0.5) is 0 Å². The van der Waals surface area contributed by atoms with Crippen molar-refractivity contribution in [2.45, 2.75) is 32.2 Å². The predicted octanol–water partition coefficient (Wildman–Crippen LogP) is 2.08. The van der Waals surface area contributed by atoms with E-state index in [0.717, 1.165) is 30.0 Å². The van der Waals surface area contributed by atoms with Gasteiger partial charge in [-0.15, -0.1) is 0 Å². The smallest absolute Gasteiger partial charge is 0.272 e. The van der Waals surface area contributed by atoms with E-state index in [-0.39, 0.29) is 12.5 Å². The van der Waals surface area contributed by atoms with Crippen molar-refractivity contribution in [3.8, 4) is 11.4 Å². The first kappa shape index (κ1) is 16.5. The van der Waals surface area contributed by atoms with Gasteiger partial charge in [0, 0.05) is 5.69 Å². The maximum absolute atomic E-state index is 12.5. The van der Waals surface area contributed by atoms with E-state index in [1.807, 2.05) is 38.1 Å². The quantitative estimate of drug-likeness (QED) is 0.851. The Morgan fingerprint density at radius 2 is 2.08 bits per heavy atom. The van der Waals surface area contributed by atoms with Gasteiger partial charge in [-0.3, -0.25) is 4.79 Å². The number of carbonyl (C=O) groups is 1. The number of amides is 1. The molecule has 1 amide bonds. The molecule has 0 bridgehead atoms. The topological polar surface area (TPSA) is 76.4 Å². The van der Waals surface area contributed by atoms with Crippen molar-refractivity contribution in [2.75, 3.05) is 13.7 Å². The molecule has 6 nitrogen and oxygen atoms in total. The molecule has 1 aromatic heterocycles. The molecule has 1 atom stereocenters. The van der Waals surface area contributed by atoms with Crippen LogP contribution in [0.15, 0.2) is 30.3 Å². The minimum atomic E-state index is -0.575. The maximum atomic E-state index is 12.5. The lowest BCUT2D eigenvalue weighted by molar-refractivity contribution is 0.0819. The second-order valence-corrected chi connectivity index (χ2v) is 6.58. The zero-order chi connectivity index (χ0) is 17.3. The van der Waals surface area contributed by atoms with Gasteiger partial charge in [0.1, 0.15) is 5.75 Å². The van der Waals surface area contributed by atoms with Crippen LogP contribution in [0.3, 0.4) is 0 Å². The van der Waals surface area contributed by atoms with E-state index in [1.54, 1.807) is 17.9 Å². The Kier molecular flexibility index (Phi) is 4.32. The van der Waals surface area contributed by atoms with Gasteiger partial charge in [0.2, 0.25) is 0 Å². The monoisotopic (exact) mass is 329 g/mol. The highest BCUT2D eigenvalue weighted by molar-refractivity contribution is 5.93. The molecule has 2 N–H and O–H groups in total. The standard InChI is InChI=1S/C18H23N3O3/c1-12-10-16(17(23)19-18(2,11-22)13-4-5-13)20-21(12)14-6-8-15(24-3)9-7-14/h6-10,13,22H,4-5,11H2,1-3H3,(H,19,23). The van der Waals surface area contributed by atoms with Crippen LogP contribution in [0.25, 0.3) is 5.69 Å². The van der Waals surface area contributed by atoms with E-state index in [2.05, 4.69) is 10.4 Å². The number of aliphatic hydroxyl groups excluding tert-OH is 1. The molecule has 3 rings (SSSR count). The van der Waals surface area contributed by atoms with Crippen LogP contribution < -0.4 is 10.1 Å². The normalized spacial score (nSPS) is 16.5. The fourth-order valence-corrected chi connectivity index (χ4v) is 2.88. The van der Waals surface area contributed by atoms with Crippen molar-refractivity contribution in [1.82, 2.24) is 15.1 Å². The Hall–Kier alpha value is -2.34. The number of aromatic nitrogens is 2. The van der Waals surface area contributed by atoms with Crippen LogP contribution in [0.2, 0.25) is 0 Å². The zero-order valence-electron chi connectivity index (χ0n) is 14.2. The van der Waals surface area contributed by atoms with Gasteiger partial charge < -0.3 is 15.2 Å². The van der Waals surface area contributed by atoms with Crippen molar-refractivity contribution in [2.24, 2.45) is 5.92 Å². The summed E-state index contributed by atoms with van der Waals surface area (Å²) in [6.45, 7) is 3.72. The number of ether oxygens (including phenoxy) is 1. The Labute approximate surface area is 141 Å². The summed E-state index contributed by atoms with van der Waals surface area (Å²) < 4.78 is 6.88. The van der Waals surface area contributed by atoms with E-state index in [1.165, 1.54) is 0 Å². The first-order valence-electron chi connectivity index (χ1n) is 8.11. The van der Waals surface area contributed by atoms with Crippen molar-refractivity contribution in [3.05, 3.63) is 41.7 Å². The number of aliphatic hydroxyl groups is 1. The molecule has 1 aliphatic rings. The molecule has 1 fully saturated rings. The SMILES string of the molecule is COc1ccc(-n2nc(C(=O)NC(C)(CO)C3CC3)cc2C)cc1. The minimum Gasteiger partial charge on any atom is -0.497 e. The van der Waals surface area contributed by atoms with E-state index in [9.17, 15) is 9.90 Å². The van der Waals surface area contributed by atoms with Crippen LogP contribution in [0, 0.1) is 12.8 Å². The van der Waals surface area contributed by atoms with Crippen LogP contribution in [-0.2, 0) is 0 Å². The van der Waals surface area contributed by atoms with Gasteiger partial charge in [0.25, 0.3) is 5.91 Å². The summed E-state index contributed by atoms with van der Waals surface area (Å²) in [5.74, 6) is 0.856. The molecule has 6 heteroatoms. The summed E-state index contributed by atoms with van der Waals surface area (Å²) in [5.41, 5.74) is 1.50. The Morgan fingerprint density at radius 1 is 1.42 bits per heavy atom. The first-order valence-corrected chi connectivity index (χ1v) is 8.11. The highest BCUT2D eigenvalue weighted by Gasteiger charge is 2.42. The summed E-state index contributed by atoms with van der Waals surface area (Å²) in [6.07, 6.45) is 2.08. The summed E-state index contributed by atoms with van der Waals surface area (Å²) in [7, 11) is 1.62. The molecule has 1 unspecified atom stereocenters. The molecule has 1 saturated carbocycles. The van der Waals surface area contributed by atoms with E-state index in [4.69, 9.17) is 4.74 Å². The Bertz CT molecular complexity index is 734. The number of benzene rings is 1. The second-order valence-electron chi connectivity index (χ2n) is 6.58. The molecular formula is C18H23N3O3. The van der Waals surface area contributed by atoms with Gasteiger partial charge in [-0.1, -0.05) is 0 Å². The number of methoxy groups -OCH3 is 1. The number of rotatable bonds is 6. The zero-order valence-corrected chi connectivity index (χ0v) is 14.2. The lowest BCUT2D eigenvalue weighted by Crippen LogP contribution is -2.50.